The molecular weight excluding hydrogens is 404 g/mol. The van der Waals surface area contributed by atoms with Gasteiger partial charge in [0.15, 0.2) is 0 Å². The largest absolute Gasteiger partial charge is 0.465 e. The van der Waals surface area contributed by atoms with E-state index in [0.29, 0.717) is 19.7 Å². The van der Waals surface area contributed by atoms with Crippen LogP contribution >= 0.6 is 12.4 Å². The number of hydrogen-bond donors (Lipinski definition) is 2. The predicted molar refractivity (Wildman–Crippen MR) is 119 cm³/mol. The lowest BCUT2D eigenvalue weighted by Gasteiger charge is -2.41. The van der Waals surface area contributed by atoms with Gasteiger partial charge in [-0.3, -0.25) is 19.9 Å². The van der Waals surface area contributed by atoms with Crippen molar-refractivity contribution < 1.29 is 14.3 Å². The van der Waals surface area contributed by atoms with Gasteiger partial charge in [0.2, 0.25) is 5.91 Å². The second kappa shape index (κ2) is 11.6. The van der Waals surface area contributed by atoms with Gasteiger partial charge in [0.1, 0.15) is 6.04 Å². The summed E-state index contributed by atoms with van der Waals surface area (Å²) in [5.74, 6) is -0.0682. The second-order valence-electron chi connectivity index (χ2n) is 7.84. The van der Waals surface area contributed by atoms with Gasteiger partial charge in [0, 0.05) is 26.2 Å². The van der Waals surface area contributed by atoms with Gasteiger partial charge in [-0.25, -0.2) is 5.01 Å². The van der Waals surface area contributed by atoms with Crippen LogP contribution in [-0.4, -0.2) is 73.7 Å². The van der Waals surface area contributed by atoms with Crippen LogP contribution in [0.4, 0.5) is 0 Å². The van der Waals surface area contributed by atoms with E-state index in [4.69, 9.17) is 4.74 Å². The molecule has 0 aromatic heterocycles. The predicted octanol–water partition coefficient (Wildman–Crippen LogP) is 1.72. The van der Waals surface area contributed by atoms with E-state index in [1.54, 1.807) is 0 Å². The van der Waals surface area contributed by atoms with Crippen molar-refractivity contribution >= 4 is 24.3 Å². The summed E-state index contributed by atoms with van der Waals surface area (Å²) < 4.78 is 5.21. The Morgan fingerprint density at radius 3 is 2.30 bits per heavy atom. The van der Waals surface area contributed by atoms with Gasteiger partial charge in [0.05, 0.1) is 12.0 Å². The van der Waals surface area contributed by atoms with Gasteiger partial charge in [-0.1, -0.05) is 37.3 Å². The number of carbonyl (C=O) groups is 2. The zero-order valence-electron chi connectivity index (χ0n) is 18.1. The van der Waals surface area contributed by atoms with Crippen molar-refractivity contribution in [3.05, 3.63) is 35.9 Å². The minimum absolute atomic E-state index is 0. The number of hydrogen-bond acceptors (Lipinski definition) is 6. The number of halogens is 1. The lowest BCUT2D eigenvalue weighted by molar-refractivity contribution is -0.151. The monoisotopic (exact) mass is 438 g/mol. The van der Waals surface area contributed by atoms with Crippen molar-refractivity contribution in [1.29, 1.82) is 0 Å². The van der Waals surface area contributed by atoms with Gasteiger partial charge in [-0.15, -0.1) is 12.4 Å². The lowest BCUT2D eigenvalue weighted by Crippen LogP contribution is -2.60. The molecule has 1 aromatic carbocycles. The van der Waals surface area contributed by atoms with Gasteiger partial charge in [-0.2, -0.15) is 0 Å². The highest BCUT2D eigenvalue weighted by atomic mass is 35.5. The maximum atomic E-state index is 13.4. The lowest BCUT2D eigenvalue weighted by atomic mass is 9.72. The molecule has 2 aliphatic rings. The van der Waals surface area contributed by atoms with Crippen LogP contribution in [0.15, 0.2) is 30.3 Å². The second-order valence-corrected chi connectivity index (χ2v) is 7.84. The molecule has 7 nitrogen and oxygen atoms in total. The summed E-state index contributed by atoms with van der Waals surface area (Å²) in [6.07, 6.45) is 2.32. The van der Waals surface area contributed by atoms with Crippen molar-refractivity contribution in [2.75, 3.05) is 45.9 Å². The minimum atomic E-state index is -0.486. The smallest absolute Gasteiger partial charge is 0.323 e. The molecule has 0 spiro atoms. The van der Waals surface area contributed by atoms with Gasteiger partial charge in [-0.05, 0) is 44.8 Å². The number of esters is 1. The summed E-state index contributed by atoms with van der Waals surface area (Å²) in [4.78, 5) is 27.7. The molecule has 8 heteroatoms. The van der Waals surface area contributed by atoms with Crippen molar-refractivity contribution in [1.82, 2.24) is 20.7 Å². The molecule has 0 radical (unpaired) electrons. The summed E-state index contributed by atoms with van der Waals surface area (Å²) in [7, 11) is 0. The molecule has 1 amide bonds. The Morgan fingerprint density at radius 1 is 1.10 bits per heavy atom. The van der Waals surface area contributed by atoms with E-state index in [9.17, 15) is 9.59 Å². The van der Waals surface area contributed by atoms with Gasteiger partial charge in [0.25, 0.3) is 0 Å². The van der Waals surface area contributed by atoms with Crippen molar-refractivity contribution in [3.63, 3.8) is 0 Å². The van der Waals surface area contributed by atoms with Gasteiger partial charge >= 0.3 is 5.97 Å². The zero-order chi connectivity index (χ0) is 20.7. The normalized spacial score (nSPS) is 20.6. The van der Waals surface area contributed by atoms with E-state index in [1.165, 1.54) is 0 Å². The Kier molecular flexibility index (Phi) is 9.55. The molecule has 1 atom stereocenters. The maximum Gasteiger partial charge on any atom is 0.323 e. The first-order valence-electron chi connectivity index (χ1n) is 10.8. The van der Waals surface area contributed by atoms with Crippen LogP contribution in [0.25, 0.3) is 0 Å². The molecule has 2 fully saturated rings. The first kappa shape index (κ1) is 24.6. The number of carbonyl (C=O) groups excluding carboxylic acids is 2. The van der Waals surface area contributed by atoms with Gasteiger partial charge < -0.3 is 10.1 Å². The van der Waals surface area contributed by atoms with Crippen LogP contribution in [0.1, 0.15) is 38.7 Å². The summed E-state index contributed by atoms with van der Waals surface area (Å²) in [5, 5.41) is 5.37. The van der Waals surface area contributed by atoms with Crippen LogP contribution in [-0.2, 0) is 19.7 Å². The highest BCUT2D eigenvalue weighted by Crippen LogP contribution is 2.34. The molecule has 2 N–H and O–H groups in total. The average Bonchev–Trinajstić information content (AvgIpc) is 2.76. The standard InChI is InChI=1S/C22H34N4O3.ClH/c1-3-19(20(27)29-4-2)25-14-16-26(17-15-25)24-21(28)22(10-12-23-13-11-22)18-8-6-5-7-9-18;/h5-9,19,23H,3-4,10-17H2,1-2H3,(H,24,28);1H. The fourth-order valence-corrected chi connectivity index (χ4v) is 4.47. The number of benzene rings is 1. The highest BCUT2D eigenvalue weighted by molar-refractivity contribution is 5.88. The molecule has 0 bridgehead atoms. The molecule has 1 unspecified atom stereocenters. The summed E-state index contributed by atoms with van der Waals surface area (Å²) >= 11 is 0. The fraction of sp³-hybridized carbons (Fsp3) is 0.636. The molecule has 3 rings (SSSR count). The number of amides is 1. The fourth-order valence-electron chi connectivity index (χ4n) is 4.47. The van der Waals surface area contributed by atoms with Crippen LogP contribution in [0.5, 0.6) is 0 Å². The minimum Gasteiger partial charge on any atom is -0.465 e. The quantitative estimate of drug-likeness (QED) is 0.631. The SMILES string of the molecule is CCOC(=O)C(CC)N1CCN(NC(=O)C2(c3ccccc3)CCNCC2)CC1.Cl. The van der Waals surface area contributed by atoms with E-state index < -0.39 is 5.41 Å². The van der Waals surface area contributed by atoms with E-state index in [1.807, 2.05) is 37.1 Å². The zero-order valence-corrected chi connectivity index (χ0v) is 18.9. The van der Waals surface area contributed by atoms with Crippen molar-refractivity contribution in [3.8, 4) is 0 Å². The van der Waals surface area contributed by atoms with Crippen LogP contribution in [0.3, 0.4) is 0 Å². The third-order valence-electron chi connectivity index (χ3n) is 6.18. The summed E-state index contributed by atoms with van der Waals surface area (Å²) in [6.45, 7) is 8.80. The number of hydrazine groups is 1. The molecule has 1 aromatic rings. The van der Waals surface area contributed by atoms with Crippen LogP contribution in [0.2, 0.25) is 0 Å². The van der Waals surface area contributed by atoms with E-state index >= 15 is 0 Å². The number of ether oxygens (including phenoxy) is 1. The van der Waals surface area contributed by atoms with Crippen molar-refractivity contribution in [2.24, 2.45) is 0 Å². The summed E-state index contributed by atoms with van der Waals surface area (Å²) in [5.41, 5.74) is 3.79. The third kappa shape index (κ3) is 5.52. The van der Waals surface area contributed by atoms with E-state index in [-0.39, 0.29) is 30.3 Å². The number of piperazine rings is 1. The van der Waals surface area contributed by atoms with E-state index in [2.05, 4.69) is 27.8 Å². The molecule has 2 heterocycles. The van der Waals surface area contributed by atoms with Crippen LogP contribution < -0.4 is 10.7 Å². The first-order valence-corrected chi connectivity index (χ1v) is 10.8. The number of rotatable bonds is 7. The molecule has 0 aliphatic carbocycles. The molecule has 168 valence electrons. The Balaban J connectivity index is 0.00000320. The Hall–Kier alpha value is -1.67. The van der Waals surface area contributed by atoms with E-state index in [0.717, 1.165) is 51.0 Å². The third-order valence-corrected chi connectivity index (χ3v) is 6.18. The number of nitrogens with one attached hydrogen (secondary N) is 2. The summed E-state index contributed by atoms with van der Waals surface area (Å²) in [6, 6.07) is 9.93. The topological polar surface area (TPSA) is 73.9 Å². The molecular formula is C22H35ClN4O3. The first-order chi connectivity index (χ1) is 14.1. The molecule has 2 aliphatic heterocycles. The maximum absolute atomic E-state index is 13.4. The molecule has 30 heavy (non-hydrogen) atoms. The highest BCUT2D eigenvalue weighted by Gasteiger charge is 2.42. The number of piperidine rings is 1. The Morgan fingerprint density at radius 2 is 1.73 bits per heavy atom. The molecule has 2 saturated heterocycles. The van der Waals surface area contributed by atoms with Crippen molar-refractivity contribution in [2.45, 2.75) is 44.6 Å². The average molecular weight is 439 g/mol. The molecule has 0 saturated carbocycles. The Labute approximate surface area is 185 Å². The Bertz CT molecular complexity index is 674. The van der Waals surface area contributed by atoms with Crippen LogP contribution in [0, 0.1) is 0 Å². The number of nitrogens with zero attached hydrogens (tertiary/aromatic N) is 2.